The average molecular weight is 244 g/mol. The minimum absolute atomic E-state index is 0.230. The van der Waals surface area contributed by atoms with Gasteiger partial charge in [-0.1, -0.05) is 6.92 Å². The fraction of sp³-hybridized carbons (Fsp3) is 1.00. The minimum Gasteiger partial charge on any atom is -0.383 e. The highest BCUT2D eigenvalue weighted by molar-refractivity contribution is 4.71. The van der Waals surface area contributed by atoms with Crippen molar-refractivity contribution in [2.24, 2.45) is 0 Å². The van der Waals surface area contributed by atoms with Gasteiger partial charge in [-0.2, -0.15) is 0 Å². The van der Waals surface area contributed by atoms with Gasteiger partial charge in [0.1, 0.15) is 0 Å². The maximum atomic E-state index is 5.17. The molecule has 1 atom stereocenters. The van der Waals surface area contributed by atoms with Crippen molar-refractivity contribution in [2.45, 2.75) is 59.0 Å². The molecule has 0 aliphatic rings. The fourth-order valence-electron chi connectivity index (χ4n) is 1.76. The molecule has 1 N–H and O–H groups in total. The molecule has 0 fully saturated rings. The predicted octanol–water partition coefficient (Wildman–Crippen LogP) is 2.51. The molecule has 1 unspecified atom stereocenters. The van der Waals surface area contributed by atoms with Crippen molar-refractivity contribution in [1.29, 1.82) is 0 Å². The van der Waals surface area contributed by atoms with Crippen molar-refractivity contribution < 1.29 is 4.74 Å². The first-order valence-corrected chi connectivity index (χ1v) is 6.88. The third-order valence-electron chi connectivity index (χ3n) is 3.07. The molecule has 0 rings (SSSR count). The minimum atomic E-state index is 0.230. The van der Waals surface area contributed by atoms with Crippen molar-refractivity contribution in [3.8, 4) is 0 Å². The van der Waals surface area contributed by atoms with E-state index in [0.717, 1.165) is 26.2 Å². The van der Waals surface area contributed by atoms with E-state index >= 15 is 0 Å². The summed E-state index contributed by atoms with van der Waals surface area (Å²) in [5, 5.41) is 3.53. The number of nitrogens with one attached hydrogen (secondary N) is 1. The second-order valence-electron chi connectivity index (χ2n) is 5.82. The van der Waals surface area contributed by atoms with Crippen LogP contribution >= 0.6 is 0 Å². The Kier molecular flexibility index (Phi) is 8.83. The van der Waals surface area contributed by atoms with E-state index in [-0.39, 0.29) is 5.54 Å². The lowest BCUT2D eigenvalue weighted by molar-refractivity contribution is 0.121. The van der Waals surface area contributed by atoms with E-state index in [4.69, 9.17) is 4.74 Å². The van der Waals surface area contributed by atoms with Crippen LogP contribution in [0.1, 0.15) is 47.5 Å². The summed E-state index contributed by atoms with van der Waals surface area (Å²) in [4.78, 5) is 2.52. The van der Waals surface area contributed by atoms with E-state index < -0.39 is 0 Å². The van der Waals surface area contributed by atoms with Gasteiger partial charge in [-0.15, -0.1) is 0 Å². The summed E-state index contributed by atoms with van der Waals surface area (Å²) in [6.45, 7) is 15.3. The van der Waals surface area contributed by atoms with Gasteiger partial charge in [-0.05, 0) is 53.6 Å². The number of ether oxygens (including phenoxy) is 1. The second-order valence-corrected chi connectivity index (χ2v) is 5.82. The Labute approximate surface area is 108 Å². The van der Waals surface area contributed by atoms with Crippen molar-refractivity contribution in [2.75, 3.05) is 33.4 Å². The smallest absolute Gasteiger partial charge is 0.0589 e. The summed E-state index contributed by atoms with van der Waals surface area (Å²) in [5.41, 5.74) is 0.230. The van der Waals surface area contributed by atoms with E-state index in [1.807, 2.05) is 0 Å². The number of nitrogens with zero attached hydrogens (tertiary/aromatic N) is 1. The summed E-state index contributed by atoms with van der Waals surface area (Å²) in [5.74, 6) is 0. The maximum absolute atomic E-state index is 5.17. The average Bonchev–Trinajstić information content (AvgIpc) is 2.25. The Balaban J connectivity index is 3.83. The van der Waals surface area contributed by atoms with Gasteiger partial charge in [0, 0.05) is 25.2 Å². The Bertz CT molecular complexity index is 178. The highest BCUT2D eigenvalue weighted by atomic mass is 16.5. The molecule has 0 aromatic carbocycles. The first kappa shape index (κ1) is 16.9. The molecule has 0 aromatic rings. The maximum Gasteiger partial charge on any atom is 0.0589 e. The normalized spacial score (nSPS) is 14.3. The predicted molar refractivity (Wildman–Crippen MR) is 75.6 cm³/mol. The third-order valence-corrected chi connectivity index (χ3v) is 3.07. The fourth-order valence-corrected chi connectivity index (χ4v) is 1.76. The van der Waals surface area contributed by atoms with Gasteiger partial charge < -0.3 is 10.1 Å². The van der Waals surface area contributed by atoms with Crippen LogP contribution in [-0.4, -0.2) is 49.8 Å². The zero-order chi connectivity index (χ0) is 13.3. The zero-order valence-electron chi connectivity index (χ0n) is 12.7. The first-order chi connectivity index (χ1) is 7.90. The van der Waals surface area contributed by atoms with Gasteiger partial charge in [0.05, 0.1) is 6.61 Å². The topological polar surface area (TPSA) is 24.5 Å². The van der Waals surface area contributed by atoms with Crippen LogP contribution in [0, 0.1) is 0 Å². The van der Waals surface area contributed by atoms with E-state index in [1.54, 1.807) is 7.11 Å². The largest absolute Gasteiger partial charge is 0.383 e. The van der Waals surface area contributed by atoms with Gasteiger partial charge in [-0.3, -0.25) is 4.90 Å². The second kappa shape index (κ2) is 8.90. The molecule has 17 heavy (non-hydrogen) atoms. The lowest BCUT2D eigenvalue weighted by atomic mass is 10.1. The van der Waals surface area contributed by atoms with Crippen LogP contribution in [0.5, 0.6) is 0 Å². The molecule has 3 nitrogen and oxygen atoms in total. The molecule has 0 bridgehead atoms. The molecule has 0 saturated carbocycles. The first-order valence-electron chi connectivity index (χ1n) is 6.88. The monoisotopic (exact) mass is 244 g/mol. The summed E-state index contributed by atoms with van der Waals surface area (Å²) in [6.07, 6.45) is 2.40. The van der Waals surface area contributed by atoms with Gasteiger partial charge in [0.25, 0.3) is 0 Å². The van der Waals surface area contributed by atoms with Crippen molar-refractivity contribution in [1.82, 2.24) is 10.2 Å². The van der Waals surface area contributed by atoms with Crippen LogP contribution in [0.15, 0.2) is 0 Å². The Hall–Kier alpha value is -0.120. The van der Waals surface area contributed by atoms with Gasteiger partial charge in [0.15, 0.2) is 0 Å². The molecule has 0 amide bonds. The zero-order valence-corrected chi connectivity index (χ0v) is 12.7. The SMILES string of the molecule is CCC(C)N(CCCNC(C)(C)C)CCOC. The summed E-state index contributed by atoms with van der Waals surface area (Å²) >= 11 is 0. The van der Waals surface area contributed by atoms with Crippen LogP contribution in [0.25, 0.3) is 0 Å². The van der Waals surface area contributed by atoms with Gasteiger partial charge in [-0.25, -0.2) is 0 Å². The van der Waals surface area contributed by atoms with Gasteiger partial charge in [0.2, 0.25) is 0 Å². The standard InChI is InChI=1S/C14H32N2O/c1-7-13(2)16(11-12-17-6)10-8-9-15-14(3,4)5/h13,15H,7-12H2,1-6H3. The van der Waals surface area contributed by atoms with Crippen LogP contribution in [0.4, 0.5) is 0 Å². The van der Waals surface area contributed by atoms with Crippen molar-refractivity contribution in [3.63, 3.8) is 0 Å². The highest BCUT2D eigenvalue weighted by Crippen LogP contribution is 2.05. The molecular formula is C14H32N2O. The Morgan fingerprint density at radius 3 is 2.35 bits per heavy atom. The number of hydrogen-bond donors (Lipinski definition) is 1. The summed E-state index contributed by atoms with van der Waals surface area (Å²) in [6, 6.07) is 0.653. The quantitative estimate of drug-likeness (QED) is 0.631. The van der Waals surface area contributed by atoms with E-state index in [9.17, 15) is 0 Å². The molecule has 0 aliphatic heterocycles. The molecular weight excluding hydrogens is 212 g/mol. The Morgan fingerprint density at radius 1 is 1.24 bits per heavy atom. The molecule has 104 valence electrons. The molecule has 0 heterocycles. The van der Waals surface area contributed by atoms with Crippen LogP contribution in [0.2, 0.25) is 0 Å². The van der Waals surface area contributed by atoms with Crippen molar-refractivity contribution >= 4 is 0 Å². The van der Waals surface area contributed by atoms with E-state index in [1.165, 1.54) is 12.8 Å². The van der Waals surface area contributed by atoms with Crippen molar-refractivity contribution in [3.05, 3.63) is 0 Å². The summed E-state index contributed by atoms with van der Waals surface area (Å²) in [7, 11) is 1.77. The van der Waals surface area contributed by atoms with Crippen LogP contribution < -0.4 is 5.32 Å². The third kappa shape index (κ3) is 9.57. The summed E-state index contributed by atoms with van der Waals surface area (Å²) < 4.78 is 5.17. The number of methoxy groups -OCH3 is 1. The van der Waals surface area contributed by atoms with E-state index in [2.05, 4.69) is 44.8 Å². The lowest BCUT2D eigenvalue weighted by Crippen LogP contribution is -2.40. The molecule has 0 saturated heterocycles. The number of rotatable bonds is 9. The van der Waals surface area contributed by atoms with E-state index in [0.29, 0.717) is 6.04 Å². The van der Waals surface area contributed by atoms with Crippen LogP contribution in [0.3, 0.4) is 0 Å². The Morgan fingerprint density at radius 2 is 1.88 bits per heavy atom. The molecule has 3 heteroatoms. The molecule has 0 spiro atoms. The molecule has 0 aliphatic carbocycles. The highest BCUT2D eigenvalue weighted by Gasteiger charge is 2.12. The van der Waals surface area contributed by atoms with Crippen LogP contribution in [-0.2, 0) is 4.74 Å². The van der Waals surface area contributed by atoms with Gasteiger partial charge >= 0.3 is 0 Å². The number of hydrogen-bond acceptors (Lipinski definition) is 3. The lowest BCUT2D eigenvalue weighted by Gasteiger charge is -2.29. The molecule has 0 aromatic heterocycles. The molecule has 0 radical (unpaired) electrons.